The normalized spacial score (nSPS) is 27.6. The zero-order valence-electron chi connectivity index (χ0n) is 13.4. The van der Waals surface area contributed by atoms with E-state index < -0.39 is 0 Å². The van der Waals surface area contributed by atoms with Gasteiger partial charge in [-0.05, 0) is 37.8 Å². The minimum absolute atomic E-state index is 0.157. The van der Waals surface area contributed by atoms with Gasteiger partial charge in [-0.25, -0.2) is 0 Å². The van der Waals surface area contributed by atoms with Gasteiger partial charge in [-0.2, -0.15) is 0 Å². The Morgan fingerprint density at radius 1 is 1.22 bits per heavy atom. The van der Waals surface area contributed by atoms with Crippen LogP contribution in [0.1, 0.15) is 59.9 Å². The number of nitrogens with zero attached hydrogens (tertiary/aromatic N) is 3. The molecule has 0 unspecified atom stereocenters. The van der Waals surface area contributed by atoms with E-state index in [9.17, 15) is 5.11 Å². The van der Waals surface area contributed by atoms with E-state index in [0.29, 0.717) is 0 Å². The number of hydrogen-bond donors (Lipinski definition) is 1. The summed E-state index contributed by atoms with van der Waals surface area (Å²) in [6.07, 6.45) is 9.16. The molecule has 0 bridgehead atoms. The molecule has 4 nitrogen and oxygen atoms in total. The van der Waals surface area contributed by atoms with Gasteiger partial charge in [0.2, 0.25) is 0 Å². The van der Waals surface area contributed by atoms with E-state index in [1.54, 1.807) is 11.3 Å². The van der Waals surface area contributed by atoms with Gasteiger partial charge in [-0.15, -0.1) is 21.5 Å². The molecule has 2 aliphatic rings. The highest BCUT2D eigenvalue weighted by Crippen LogP contribution is 2.51. The number of aliphatic hydroxyl groups excluding tert-OH is 1. The van der Waals surface area contributed by atoms with Gasteiger partial charge in [-0.3, -0.25) is 0 Å². The monoisotopic (exact) mass is 329 g/mol. The van der Waals surface area contributed by atoms with Crippen LogP contribution in [0.15, 0.2) is 18.7 Å². The van der Waals surface area contributed by atoms with Gasteiger partial charge in [0, 0.05) is 22.7 Å². The van der Waals surface area contributed by atoms with Gasteiger partial charge in [0.1, 0.15) is 11.6 Å². The molecule has 4 rings (SSSR count). The maximum Gasteiger partial charge on any atom is 0.144 e. The van der Waals surface area contributed by atoms with Crippen LogP contribution in [-0.2, 0) is 18.4 Å². The topological polar surface area (TPSA) is 50.9 Å². The van der Waals surface area contributed by atoms with Gasteiger partial charge < -0.3 is 9.67 Å². The lowest BCUT2D eigenvalue weighted by Gasteiger charge is -2.44. The fraction of sp³-hybridized carbons (Fsp3) is 0.556. The second-order valence-corrected chi connectivity index (χ2v) is 7.92. The Morgan fingerprint density at radius 2 is 2.04 bits per heavy atom. The average molecular weight is 329 g/mol. The predicted octanol–water partition coefficient (Wildman–Crippen LogP) is 3.54. The number of rotatable bonds is 3. The van der Waals surface area contributed by atoms with Crippen LogP contribution >= 0.6 is 11.3 Å². The molecule has 23 heavy (non-hydrogen) atoms. The lowest BCUT2D eigenvalue weighted by Crippen LogP contribution is -2.47. The van der Waals surface area contributed by atoms with E-state index in [1.165, 1.54) is 35.4 Å². The largest absolute Gasteiger partial charge is 0.393 e. The first-order chi connectivity index (χ1) is 11.2. The van der Waals surface area contributed by atoms with Crippen LogP contribution in [0.5, 0.6) is 0 Å². The maximum atomic E-state index is 10.0. The summed E-state index contributed by atoms with van der Waals surface area (Å²) < 4.78 is 2.35. The number of aryl methyl sites for hydroxylation is 1. The van der Waals surface area contributed by atoms with Crippen LogP contribution in [0.4, 0.5) is 0 Å². The number of thiophene rings is 1. The standard InChI is InChI=1S/C18H23N3OS/c1-2-14-8-9-15(23-14)18(11-13(22)12-18)17-20-19-16-7-5-3-4-6-10-21(16)17/h2,8-9,13,22H,1,3-7,10-12H2. The van der Waals surface area contributed by atoms with Crippen molar-refractivity contribution in [2.45, 2.75) is 63.0 Å². The molecule has 122 valence electrons. The first-order valence-electron chi connectivity index (χ1n) is 8.56. The van der Waals surface area contributed by atoms with Crippen molar-refractivity contribution in [3.63, 3.8) is 0 Å². The summed E-state index contributed by atoms with van der Waals surface area (Å²) in [7, 11) is 0. The molecule has 1 N–H and O–H groups in total. The maximum absolute atomic E-state index is 10.0. The van der Waals surface area contributed by atoms with Crippen LogP contribution in [-0.4, -0.2) is 26.0 Å². The SMILES string of the molecule is C=Cc1ccc(C2(c3nnc4n3CCCCCC4)CC(O)C2)s1. The summed E-state index contributed by atoms with van der Waals surface area (Å²) in [5, 5.41) is 19.1. The molecule has 1 fully saturated rings. The van der Waals surface area contributed by atoms with Crippen LogP contribution in [0, 0.1) is 0 Å². The van der Waals surface area contributed by atoms with Crippen LogP contribution in [0.25, 0.3) is 6.08 Å². The van der Waals surface area contributed by atoms with Crippen molar-refractivity contribution in [1.29, 1.82) is 0 Å². The van der Waals surface area contributed by atoms with Crippen molar-refractivity contribution in [3.05, 3.63) is 40.1 Å². The van der Waals surface area contributed by atoms with Crippen LogP contribution in [0.2, 0.25) is 0 Å². The Morgan fingerprint density at radius 3 is 2.78 bits per heavy atom. The second-order valence-electron chi connectivity index (χ2n) is 6.81. The summed E-state index contributed by atoms with van der Waals surface area (Å²) in [5.41, 5.74) is -0.157. The molecule has 1 aliphatic heterocycles. The quantitative estimate of drug-likeness (QED) is 0.937. The van der Waals surface area contributed by atoms with Gasteiger partial charge in [0.15, 0.2) is 0 Å². The lowest BCUT2D eigenvalue weighted by atomic mass is 9.65. The van der Waals surface area contributed by atoms with E-state index in [0.717, 1.165) is 37.5 Å². The molecule has 0 atom stereocenters. The summed E-state index contributed by atoms with van der Waals surface area (Å²) in [6, 6.07) is 4.29. The average Bonchev–Trinajstić information content (AvgIpc) is 3.11. The third kappa shape index (κ3) is 2.46. The van der Waals surface area contributed by atoms with E-state index in [4.69, 9.17) is 0 Å². The molecule has 1 aliphatic carbocycles. The summed E-state index contributed by atoms with van der Waals surface area (Å²) in [5.74, 6) is 2.19. The Balaban J connectivity index is 1.77. The molecule has 0 spiro atoms. The molecular formula is C18H23N3OS. The summed E-state index contributed by atoms with van der Waals surface area (Å²) in [4.78, 5) is 2.46. The lowest BCUT2D eigenvalue weighted by molar-refractivity contribution is 0.0333. The van der Waals surface area contributed by atoms with E-state index in [-0.39, 0.29) is 11.5 Å². The van der Waals surface area contributed by atoms with E-state index >= 15 is 0 Å². The third-order valence-corrected chi connectivity index (χ3v) is 6.54. The Labute approximate surface area is 140 Å². The molecule has 1 saturated carbocycles. The smallest absolute Gasteiger partial charge is 0.144 e. The number of fused-ring (bicyclic) bond motifs is 1. The zero-order chi connectivity index (χ0) is 15.9. The third-order valence-electron chi connectivity index (χ3n) is 5.26. The molecule has 0 radical (unpaired) electrons. The summed E-state index contributed by atoms with van der Waals surface area (Å²) in [6.45, 7) is 4.88. The van der Waals surface area contributed by atoms with Gasteiger partial charge in [0.25, 0.3) is 0 Å². The van der Waals surface area contributed by atoms with Crippen molar-refractivity contribution < 1.29 is 5.11 Å². The summed E-state index contributed by atoms with van der Waals surface area (Å²) >= 11 is 1.77. The number of aromatic nitrogens is 3. The number of hydrogen-bond acceptors (Lipinski definition) is 4. The van der Waals surface area contributed by atoms with Crippen LogP contribution in [0.3, 0.4) is 0 Å². The first kappa shape index (κ1) is 15.1. The van der Waals surface area contributed by atoms with Crippen molar-refractivity contribution in [2.24, 2.45) is 0 Å². The highest BCUT2D eigenvalue weighted by atomic mass is 32.1. The molecule has 3 heterocycles. The minimum Gasteiger partial charge on any atom is -0.393 e. The fourth-order valence-electron chi connectivity index (χ4n) is 3.97. The first-order valence-corrected chi connectivity index (χ1v) is 9.38. The Hall–Kier alpha value is -1.46. The predicted molar refractivity (Wildman–Crippen MR) is 92.6 cm³/mol. The molecular weight excluding hydrogens is 306 g/mol. The molecule has 2 aromatic rings. The van der Waals surface area contributed by atoms with Crippen molar-refractivity contribution in [1.82, 2.24) is 14.8 Å². The van der Waals surface area contributed by atoms with Crippen LogP contribution < -0.4 is 0 Å². The molecule has 0 amide bonds. The van der Waals surface area contributed by atoms with Crippen molar-refractivity contribution in [3.8, 4) is 0 Å². The highest BCUT2D eigenvalue weighted by Gasteiger charge is 2.51. The van der Waals surface area contributed by atoms with Gasteiger partial charge in [0.05, 0.1) is 11.5 Å². The molecule has 2 aromatic heterocycles. The molecule has 5 heteroatoms. The Kier molecular flexibility index (Phi) is 3.85. The van der Waals surface area contributed by atoms with E-state index in [2.05, 4.69) is 33.5 Å². The van der Waals surface area contributed by atoms with Crippen molar-refractivity contribution in [2.75, 3.05) is 0 Å². The van der Waals surface area contributed by atoms with Crippen molar-refractivity contribution >= 4 is 17.4 Å². The highest BCUT2D eigenvalue weighted by molar-refractivity contribution is 7.13. The van der Waals surface area contributed by atoms with E-state index in [1.807, 2.05) is 6.08 Å². The van der Waals surface area contributed by atoms with Gasteiger partial charge in [-0.1, -0.05) is 25.5 Å². The Bertz CT molecular complexity index is 712. The minimum atomic E-state index is -0.231. The van der Waals surface area contributed by atoms with Gasteiger partial charge >= 0.3 is 0 Å². The molecule has 0 saturated heterocycles. The zero-order valence-corrected chi connectivity index (χ0v) is 14.2. The molecule has 0 aromatic carbocycles. The fourth-order valence-corrected chi connectivity index (χ4v) is 5.04. The second kappa shape index (κ2) is 5.87. The number of aliphatic hydroxyl groups is 1.